The van der Waals surface area contributed by atoms with Gasteiger partial charge in [0.1, 0.15) is 9.77 Å². The Kier molecular flexibility index (Phi) is 5.26. The average molecular weight is 346 g/mol. The molecule has 0 bridgehead atoms. The van der Waals surface area contributed by atoms with Crippen LogP contribution in [0.2, 0.25) is 0 Å². The highest BCUT2D eigenvalue weighted by Crippen LogP contribution is 2.33. The van der Waals surface area contributed by atoms with Crippen molar-refractivity contribution in [2.75, 3.05) is 13.7 Å². The molecule has 0 spiro atoms. The first-order chi connectivity index (χ1) is 10.3. The van der Waals surface area contributed by atoms with Gasteiger partial charge in [0.15, 0.2) is 0 Å². The van der Waals surface area contributed by atoms with Crippen LogP contribution in [-0.2, 0) is 14.8 Å². The molecule has 1 aromatic rings. The molecule has 2 heterocycles. The van der Waals surface area contributed by atoms with Crippen LogP contribution in [0.1, 0.15) is 41.4 Å². The highest BCUT2D eigenvalue weighted by molar-refractivity contribution is 7.89. The summed E-state index contributed by atoms with van der Waals surface area (Å²) in [6, 6.07) is -0.487. The molecule has 0 aliphatic carbocycles. The lowest BCUT2D eigenvalue weighted by molar-refractivity contribution is 0.0602. The van der Waals surface area contributed by atoms with Crippen LogP contribution in [0.25, 0.3) is 0 Å². The van der Waals surface area contributed by atoms with Gasteiger partial charge in [0, 0.05) is 18.6 Å². The Labute approximate surface area is 135 Å². The van der Waals surface area contributed by atoms with Gasteiger partial charge in [-0.25, -0.2) is 13.2 Å². The lowest BCUT2D eigenvalue weighted by Gasteiger charge is -2.37. The predicted molar refractivity (Wildman–Crippen MR) is 85.6 cm³/mol. The van der Waals surface area contributed by atoms with Gasteiger partial charge in [-0.05, 0) is 37.6 Å². The summed E-state index contributed by atoms with van der Waals surface area (Å²) in [5, 5.41) is 1.67. The first-order valence-electron chi connectivity index (χ1n) is 7.24. The van der Waals surface area contributed by atoms with Crippen LogP contribution in [0, 0.1) is 6.92 Å². The summed E-state index contributed by atoms with van der Waals surface area (Å²) < 4.78 is 32.4. The van der Waals surface area contributed by atoms with Crippen molar-refractivity contribution in [3.63, 3.8) is 0 Å². The van der Waals surface area contributed by atoms with Crippen LogP contribution in [0.15, 0.2) is 10.3 Å². The third kappa shape index (κ3) is 3.05. The monoisotopic (exact) mass is 346 g/mol. The highest BCUT2D eigenvalue weighted by Gasteiger charge is 2.39. The first kappa shape index (κ1) is 17.4. The molecule has 0 aromatic carbocycles. The molecule has 1 aromatic heterocycles. The van der Waals surface area contributed by atoms with Gasteiger partial charge >= 0.3 is 5.97 Å². The molecule has 1 aliphatic heterocycles. The van der Waals surface area contributed by atoms with Crippen molar-refractivity contribution in [3.05, 3.63) is 15.8 Å². The number of hydrogen-bond donors (Lipinski definition) is 1. The van der Waals surface area contributed by atoms with E-state index in [0.717, 1.165) is 30.6 Å². The number of esters is 1. The van der Waals surface area contributed by atoms with Crippen LogP contribution in [-0.4, -0.2) is 44.4 Å². The molecule has 2 rings (SSSR count). The molecule has 1 aliphatic rings. The van der Waals surface area contributed by atoms with Gasteiger partial charge in [0.05, 0.1) is 7.11 Å². The Morgan fingerprint density at radius 3 is 2.77 bits per heavy atom. The van der Waals surface area contributed by atoms with Crippen LogP contribution < -0.4 is 5.73 Å². The SMILES string of the molecule is COC(=O)c1scc(C)c1S(=O)(=O)N1CCCCC1C(C)N. The summed E-state index contributed by atoms with van der Waals surface area (Å²) in [6.45, 7) is 3.95. The summed E-state index contributed by atoms with van der Waals surface area (Å²) in [6.07, 6.45) is 2.51. The van der Waals surface area contributed by atoms with Crippen LogP contribution in [0.5, 0.6) is 0 Å². The topological polar surface area (TPSA) is 89.7 Å². The Bertz CT molecular complexity index is 652. The zero-order valence-electron chi connectivity index (χ0n) is 13.0. The molecule has 6 nitrogen and oxygen atoms in total. The zero-order chi connectivity index (χ0) is 16.5. The summed E-state index contributed by atoms with van der Waals surface area (Å²) in [4.78, 5) is 12.1. The van der Waals surface area contributed by atoms with E-state index in [1.54, 1.807) is 12.3 Å². The van der Waals surface area contributed by atoms with Gasteiger partial charge in [-0.3, -0.25) is 0 Å². The van der Waals surface area contributed by atoms with E-state index in [2.05, 4.69) is 0 Å². The summed E-state index contributed by atoms with van der Waals surface area (Å²) in [7, 11) is -2.52. The zero-order valence-corrected chi connectivity index (χ0v) is 14.7. The number of sulfonamides is 1. The van der Waals surface area contributed by atoms with E-state index in [4.69, 9.17) is 10.5 Å². The predicted octanol–water partition coefficient (Wildman–Crippen LogP) is 1.73. The minimum Gasteiger partial charge on any atom is -0.465 e. The maximum absolute atomic E-state index is 13.1. The Hall–Kier alpha value is -0.960. The second-order valence-corrected chi connectivity index (χ2v) is 8.31. The standard InChI is InChI=1S/C14H22N2O4S2/c1-9-8-21-12(14(17)20-3)13(9)22(18,19)16-7-5-4-6-11(16)10(2)15/h8,10-11H,4-7,15H2,1-3H3. The van der Waals surface area contributed by atoms with Gasteiger partial charge in [0.2, 0.25) is 10.0 Å². The van der Waals surface area contributed by atoms with Crippen molar-refractivity contribution in [3.8, 4) is 0 Å². The average Bonchev–Trinajstić information content (AvgIpc) is 2.88. The quantitative estimate of drug-likeness (QED) is 0.839. The number of thiophene rings is 1. The molecular weight excluding hydrogens is 324 g/mol. The lowest BCUT2D eigenvalue weighted by atomic mass is 10.00. The maximum Gasteiger partial charge on any atom is 0.349 e. The Morgan fingerprint density at radius 2 is 2.18 bits per heavy atom. The molecule has 0 radical (unpaired) electrons. The maximum atomic E-state index is 13.1. The number of ether oxygens (including phenoxy) is 1. The van der Waals surface area contributed by atoms with E-state index >= 15 is 0 Å². The number of nitrogens with two attached hydrogens (primary N) is 1. The third-order valence-corrected chi connectivity index (χ3v) is 7.28. The normalized spacial score (nSPS) is 21.5. The second kappa shape index (κ2) is 6.66. The minimum atomic E-state index is -3.77. The van der Waals surface area contributed by atoms with Crippen molar-refractivity contribution in [1.82, 2.24) is 4.31 Å². The smallest absolute Gasteiger partial charge is 0.349 e. The second-order valence-electron chi connectivity index (χ2n) is 5.61. The first-order valence-corrected chi connectivity index (χ1v) is 9.56. The van der Waals surface area contributed by atoms with E-state index in [9.17, 15) is 13.2 Å². The van der Waals surface area contributed by atoms with E-state index in [0.29, 0.717) is 12.1 Å². The summed E-state index contributed by atoms with van der Waals surface area (Å²) >= 11 is 1.10. The van der Waals surface area contributed by atoms with Crippen molar-refractivity contribution in [2.45, 2.75) is 50.1 Å². The largest absolute Gasteiger partial charge is 0.465 e. The van der Waals surface area contributed by atoms with Crippen LogP contribution in [0.3, 0.4) is 0 Å². The molecule has 124 valence electrons. The molecule has 0 amide bonds. The summed E-state index contributed by atoms with van der Waals surface area (Å²) in [5.74, 6) is -0.619. The van der Waals surface area contributed by atoms with E-state index < -0.39 is 16.0 Å². The fraction of sp³-hybridized carbons (Fsp3) is 0.643. The fourth-order valence-electron chi connectivity index (χ4n) is 2.86. The highest BCUT2D eigenvalue weighted by atomic mass is 32.2. The number of piperidine rings is 1. The fourth-order valence-corrected chi connectivity index (χ4v) is 6.30. The minimum absolute atomic E-state index is 0.0666. The molecule has 2 unspecified atom stereocenters. The molecule has 2 atom stereocenters. The number of methoxy groups -OCH3 is 1. The van der Waals surface area contributed by atoms with E-state index in [-0.39, 0.29) is 21.9 Å². The number of carbonyl (C=O) groups is 1. The van der Waals surface area contributed by atoms with Crippen molar-refractivity contribution in [2.24, 2.45) is 5.73 Å². The molecule has 22 heavy (non-hydrogen) atoms. The Morgan fingerprint density at radius 1 is 1.50 bits per heavy atom. The van der Waals surface area contributed by atoms with Crippen LogP contribution >= 0.6 is 11.3 Å². The van der Waals surface area contributed by atoms with Crippen molar-refractivity contribution < 1.29 is 17.9 Å². The molecule has 8 heteroatoms. The van der Waals surface area contributed by atoms with Crippen molar-refractivity contribution in [1.29, 1.82) is 0 Å². The van der Waals surface area contributed by atoms with Gasteiger partial charge < -0.3 is 10.5 Å². The Balaban J connectivity index is 2.50. The number of hydrogen-bond acceptors (Lipinski definition) is 6. The molecular formula is C14H22N2O4S2. The van der Waals surface area contributed by atoms with Gasteiger partial charge in [-0.15, -0.1) is 11.3 Å². The molecule has 1 fully saturated rings. The third-order valence-electron chi connectivity index (χ3n) is 3.96. The van der Waals surface area contributed by atoms with Crippen LogP contribution in [0.4, 0.5) is 0 Å². The summed E-state index contributed by atoms with van der Waals surface area (Å²) in [5.41, 5.74) is 6.54. The molecule has 1 saturated heterocycles. The number of nitrogens with zero attached hydrogens (tertiary/aromatic N) is 1. The molecule has 2 N–H and O–H groups in total. The van der Waals surface area contributed by atoms with Gasteiger partial charge in [0.25, 0.3) is 0 Å². The lowest BCUT2D eigenvalue weighted by Crippen LogP contribution is -2.51. The van der Waals surface area contributed by atoms with Gasteiger partial charge in [-0.1, -0.05) is 6.42 Å². The number of rotatable bonds is 4. The molecule has 0 saturated carbocycles. The number of carbonyl (C=O) groups excluding carboxylic acids is 1. The van der Waals surface area contributed by atoms with Gasteiger partial charge in [-0.2, -0.15) is 4.31 Å². The number of aryl methyl sites for hydroxylation is 1. The van der Waals surface area contributed by atoms with E-state index in [1.165, 1.54) is 11.4 Å². The van der Waals surface area contributed by atoms with E-state index in [1.807, 2.05) is 6.92 Å². The van der Waals surface area contributed by atoms with Crippen molar-refractivity contribution >= 4 is 27.3 Å².